The van der Waals surface area contributed by atoms with Crippen LogP contribution in [0.4, 0.5) is 0 Å². The topological polar surface area (TPSA) is 12.4 Å². The van der Waals surface area contributed by atoms with Crippen LogP contribution in [0.15, 0.2) is 157 Å². The second kappa shape index (κ2) is 14.9. The lowest BCUT2D eigenvalue weighted by Gasteiger charge is -2.24. The predicted octanol–water partition coefficient (Wildman–Crippen LogP) is 15.4. The lowest BCUT2D eigenvalue weighted by atomic mass is 9.87. The van der Waals surface area contributed by atoms with Gasteiger partial charge in [-0.3, -0.25) is 4.99 Å². The van der Waals surface area contributed by atoms with E-state index in [1.54, 1.807) is 0 Å². The Morgan fingerprint density at radius 3 is 2.02 bits per heavy atom. The molecule has 0 radical (unpaired) electrons. The average molecular weight is 730 g/mol. The van der Waals surface area contributed by atoms with Crippen molar-refractivity contribution in [3.8, 4) is 22.3 Å². The third-order valence-electron chi connectivity index (χ3n) is 11.7. The van der Waals surface area contributed by atoms with Crippen molar-refractivity contribution >= 4 is 58.8 Å². The van der Waals surface area contributed by atoms with Gasteiger partial charge in [0.25, 0.3) is 0 Å². The highest BCUT2D eigenvalue weighted by Gasteiger charge is 2.23. The molecule has 1 heterocycles. The molecular weight excluding hydrogens is 683 g/mol. The second-order valence-corrected chi connectivity index (χ2v) is 16.4. The Morgan fingerprint density at radius 1 is 0.582 bits per heavy atom. The van der Waals surface area contributed by atoms with E-state index in [2.05, 4.69) is 179 Å². The summed E-state index contributed by atoms with van der Waals surface area (Å²) in [6.07, 6.45) is 4.43. The van der Waals surface area contributed by atoms with E-state index in [1.807, 2.05) is 11.3 Å². The molecule has 55 heavy (non-hydrogen) atoms. The fraction of sp³-hybridized carbons (Fsp3) is 0.189. The zero-order valence-electron chi connectivity index (χ0n) is 32.3. The van der Waals surface area contributed by atoms with Gasteiger partial charge in [0.15, 0.2) is 0 Å². The monoisotopic (exact) mass is 729 g/mol. The fourth-order valence-corrected chi connectivity index (χ4v) is 9.76. The van der Waals surface area contributed by atoms with Crippen molar-refractivity contribution in [2.45, 2.75) is 59.4 Å². The highest BCUT2D eigenvalue weighted by molar-refractivity contribution is 7.26. The van der Waals surface area contributed by atoms with Crippen LogP contribution < -0.4 is 0 Å². The van der Waals surface area contributed by atoms with Crippen LogP contribution in [-0.2, 0) is 6.42 Å². The molecule has 0 amide bonds. The summed E-state index contributed by atoms with van der Waals surface area (Å²) in [6, 6.07) is 56.5. The molecule has 2 heteroatoms. The Kier molecular flexibility index (Phi) is 9.54. The van der Waals surface area contributed by atoms with Crippen LogP contribution in [0.5, 0.6) is 0 Å². The minimum Gasteiger partial charge on any atom is -0.276 e. The molecule has 2 unspecified atom stereocenters. The number of unbranched alkanes of at least 4 members (excludes halogenated alkanes) is 1. The van der Waals surface area contributed by atoms with Crippen molar-refractivity contribution in [2.24, 2.45) is 10.9 Å². The zero-order chi connectivity index (χ0) is 37.5. The van der Waals surface area contributed by atoms with Gasteiger partial charge in [-0.05, 0) is 110 Å². The number of rotatable bonds is 11. The molecule has 0 fully saturated rings. The molecule has 0 aliphatic heterocycles. The Hall–Kier alpha value is -5.57. The largest absolute Gasteiger partial charge is 0.276 e. The molecule has 2 atom stereocenters. The number of hydrogen-bond acceptors (Lipinski definition) is 2. The van der Waals surface area contributed by atoms with E-state index in [4.69, 9.17) is 4.99 Å². The van der Waals surface area contributed by atoms with Crippen molar-refractivity contribution in [1.82, 2.24) is 0 Å². The first-order chi connectivity index (χ1) is 27.0. The lowest BCUT2D eigenvalue weighted by molar-refractivity contribution is 0.459. The number of aryl methyl sites for hydroxylation is 2. The van der Waals surface area contributed by atoms with E-state index in [9.17, 15) is 0 Å². The van der Waals surface area contributed by atoms with Gasteiger partial charge in [-0.1, -0.05) is 161 Å². The highest BCUT2D eigenvalue weighted by atomic mass is 32.1. The molecular formula is C53H47NS. The van der Waals surface area contributed by atoms with Gasteiger partial charge in [-0.25, -0.2) is 0 Å². The van der Waals surface area contributed by atoms with Gasteiger partial charge in [0.1, 0.15) is 0 Å². The van der Waals surface area contributed by atoms with Crippen LogP contribution in [0.1, 0.15) is 73.9 Å². The molecule has 0 saturated carbocycles. The number of benzene rings is 8. The van der Waals surface area contributed by atoms with Crippen LogP contribution in [0.2, 0.25) is 0 Å². The summed E-state index contributed by atoms with van der Waals surface area (Å²) in [4.78, 5) is 5.85. The van der Waals surface area contributed by atoms with Crippen molar-refractivity contribution in [3.05, 3.63) is 179 Å². The quantitative estimate of drug-likeness (QED) is 0.0928. The third kappa shape index (κ3) is 6.53. The summed E-state index contributed by atoms with van der Waals surface area (Å²) in [5.41, 5.74) is 12.4. The number of aliphatic imine (C=N–C) groups is 1. The summed E-state index contributed by atoms with van der Waals surface area (Å²) < 4.78 is 2.73. The summed E-state index contributed by atoms with van der Waals surface area (Å²) in [7, 11) is 0. The number of nitrogens with zero attached hydrogens (tertiary/aromatic N) is 1. The Bertz CT molecular complexity index is 2800. The van der Waals surface area contributed by atoms with Crippen molar-refractivity contribution in [3.63, 3.8) is 0 Å². The van der Waals surface area contributed by atoms with Crippen molar-refractivity contribution in [1.29, 1.82) is 0 Å². The van der Waals surface area contributed by atoms with Gasteiger partial charge in [0.2, 0.25) is 0 Å². The van der Waals surface area contributed by atoms with E-state index >= 15 is 0 Å². The summed E-state index contributed by atoms with van der Waals surface area (Å²) in [5.74, 6) is 0.341. The molecule has 270 valence electrons. The van der Waals surface area contributed by atoms with E-state index in [-0.39, 0.29) is 6.04 Å². The number of thiophene rings is 1. The van der Waals surface area contributed by atoms with Gasteiger partial charge in [-0.2, -0.15) is 0 Å². The molecule has 0 N–H and O–H groups in total. The summed E-state index contributed by atoms with van der Waals surface area (Å²) >= 11 is 1.93. The SMILES string of the molecule is CCCCc1cc(-c2cc3sc4cccc5c6ccccc6c(c2)c3c45)cc(C(N=C(c2ccc(-c3ccccc3)cc2)c2ccccc2C)C(C)CC)c1. The Balaban J connectivity index is 1.23. The smallest absolute Gasteiger partial charge is 0.0782 e. The van der Waals surface area contributed by atoms with E-state index in [0.717, 1.165) is 24.1 Å². The van der Waals surface area contributed by atoms with E-state index in [0.29, 0.717) is 5.92 Å². The minimum atomic E-state index is -0.0107. The van der Waals surface area contributed by atoms with E-state index < -0.39 is 0 Å². The molecule has 9 rings (SSSR count). The molecule has 1 aromatic heterocycles. The van der Waals surface area contributed by atoms with Crippen LogP contribution in [0.25, 0.3) is 64.0 Å². The normalized spacial score (nSPS) is 13.3. The molecule has 0 spiro atoms. The molecule has 8 aromatic carbocycles. The molecule has 0 saturated heterocycles. The second-order valence-electron chi connectivity index (χ2n) is 15.4. The van der Waals surface area contributed by atoms with Gasteiger partial charge in [-0.15, -0.1) is 11.3 Å². The molecule has 0 bridgehead atoms. The third-order valence-corrected chi connectivity index (χ3v) is 12.8. The molecule has 0 aliphatic carbocycles. The van der Waals surface area contributed by atoms with Gasteiger partial charge < -0.3 is 0 Å². The lowest BCUT2D eigenvalue weighted by Crippen LogP contribution is -2.14. The van der Waals surface area contributed by atoms with Crippen LogP contribution in [0.3, 0.4) is 0 Å². The van der Waals surface area contributed by atoms with Crippen molar-refractivity contribution < 1.29 is 0 Å². The standard InChI is InChI=1S/C53H47NS/c1-5-7-17-36-29-40(41-32-47-45-22-14-13-21-44(45)46-23-15-24-48-50(46)51(47)49(33-41)55-48)31-42(30-36)52(34(3)6-2)54-53(43-20-12-11-16-35(43)4)39-27-25-38(26-28-39)37-18-9-8-10-19-37/h8-16,18-34,52H,5-7,17H2,1-4H3. The summed E-state index contributed by atoms with van der Waals surface area (Å²) in [6.45, 7) is 9.19. The number of fused-ring (bicyclic) bond motifs is 3. The zero-order valence-corrected chi connectivity index (χ0v) is 33.1. The minimum absolute atomic E-state index is 0.0107. The maximum atomic E-state index is 5.85. The van der Waals surface area contributed by atoms with Crippen LogP contribution in [-0.4, -0.2) is 5.71 Å². The van der Waals surface area contributed by atoms with Gasteiger partial charge in [0, 0.05) is 31.3 Å². The van der Waals surface area contributed by atoms with E-state index in [1.165, 1.54) is 99.1 Å². The van der Waals surface area contributed by atoms with Crippen LogP contribution >= 0.6 is 11.3 Å². The van der Waals surface area contributed by atoms with Gasteiger partial charge in [0.05, 0.1) is 11.8 Å². The number of hydrogen-bond donors (Lipinski definition) is 0. The van der Waals surface area contributed by atoms with Crippen LogP contribution in [0, 0.1) is 12.8 Å². The molecule has 9 aromatic rings. The molecule has 1 nitrogen and oxygen atoms in total. The first-order valence-electron chi connectivity index (χ1n) is 20.0. The maximum absolute atomic E-state index is 5.85. The highest BCUT2D eigenvalue weighted by Crippen LogP contribution is 2.47. The average Bonchev–Trinajstić information content (AvgIpc) is 3.62. The Morgan fingerprint density at radius 2 is 1.25 bits per heavy atom. The van der Waals surface area contributed by atoms with Crippen molar-refractivity contribution in [2.75, 3.05) is 0 Å². The summed E-state index contributed by atoms with van der Waals surface area (Å²) in [5, 5.41) is 8.19. The fourth-order valence-electron chi connectivity index (χ4n) is 8.57. The van der Waals surface area contributed by atoms with Gasteiger partial charge >= 0.3 is 0 Å². The molecule has 0 aliphatic rings. The Labute approximate surface area is 329 Å². The maximum Gasteiger partial charge on any atom is 0.0782 e. The first kappa shape index (κ1) is 35.2. The predicted molar refractivity (Wildman–Crippen MR) is 240 cm³/mol. The first-order valence-corrected chi connectivity index (χ1v) is 20.8.